The lowest BCUT2D eigenvalue weighted by molar-refractivity contribution is -0.268. The van der Waals surface area contributed by atoms with E-state index in [9.17, 15) is 9.90 Å². The molecule has 7 heteroatoms. The first-order valence-corrected chi connectivity index (χ1v) is 16.2. The van der Waals surface area contributed by atoms with Crippen LogP contribution in [0.15, 0.2) is 0 Å². The average Bonchev–Trinajstić information content (AvgIpc) is 3.26. The zero-order valence-corrected chi connectivity index (χ0v) is 25.6. The number of ether oxygens (including phenoxy) is 3. The molecule has 1 spiro atoms. The van der Waals surface area contributed by atoms with Crippen molar-refractivity contribution in [2.75, 3.05) is 6.61 Å². The number of hydrogen-bond acceptors (Lipinski definition) is 5. The van der Waals surface area contributed by atoms with Crippen molar-refractivity contribution < 1.29 is 24.1 Å². The van der Waals surface area contributed by atoms with Crippen LogP contribution in [-0.4, -0.2) is 51.4 Å². The number of alkyl halides is 2. The van der Waals surface area contributed by atoms with E-state index in [2.05, 4.69) is 59.6 Å². The maximum Gasteiger partial charge on any atom is 0.302 e. The molecule has 0 amide bonds. The molecule has 0 unspecified atom stereocenters. The summed E-state index contributed by atoms with van der Waals surface area (Å²) in [6.45, 7) is 11.7. The third kappa shape index (κ3) is 3.50. The van der Waals surface area contributed by atoms with Gasteiger partial charge < -0.3 is 19.3 Å². The predicted molar refractivity (Wildman–Crippen MR) is 145 cm³/mol. The summed E-state index contributed by atoms with van der Waals surface area (Å²) in [4.78, 5) is 11.9. The lowest BCUT2D eigenvalue weighted by Gasteiger charge is -2.64. The molecule has 204 valence electrons. The molecule has 36 heavy (non-hydrogen) atoms. The molecule has 5 nitrogen and oxygen atoms in total. The van der Waals surface area contributed by atoms with Crippen LogP contribution in [0.4, 0.5) is 0 Å². The van der Waals surface area contributed by atoms with Gasteiger partial charge in [0.15, 0.2) is 5.79 Å². The zero-order valence-electron chi connectivity index (χ0n) is 22.4. The second-order valence-corrected chi connectivity index (χ2v) is 16.0. The number of carbonyl (C=O) groups excluding carboxylic acids is 1. The molecule has 0 radical (unpaired) electrons. The summed E-state index contributed by atoms with van der Waals surface area (Å²) in [5, 5.41) is 12.2. The van der Waals surface area contributed by atoms with E-state index in [-0.39, 0.29) is 50.5 Å². The van der Waals surface area contributed by atoms with Gasteiger partial charge in [-0.15, -0.1) is 0 Å². The molecule has 1 N–H and O–H groups in total. The van der Waals surface area contributed by atoms with Gasteiger partial charge in [0, 0.05) is 29.0 Å². The third-order valence-corrected chi connectivity index (χ3v) is 14.3. The monoisotopic (exact) mass is 630 g/mol. The fourth-order valence-corrected chi connectivity index (χ4v) is 13.5. The molecule has 15 atom stereocenters. The van der Waals surface area contributed by atoms with Crippen molar-refractivity contribution >= 4 is 37.8 Å². The summed E-state index contributed by atoms with van der Waals surface area (Å²) in [6, 6.07) is 0. The van der Waals surface area contributed by atoms with E-state index < -0.39 is 11.9 Å². The molecule has 0 aromatic rings. The lowest BCUT2D eigenvalue weighted by atomic mass is 9.43. The van der Waals surface area contributed by atoms with Crippen molar-refractivity contribution in [3.05, 3.63) is 0 Å². The van der Waals surface area contributed by atoms with E-state index in [0.29, 0.717) is 29.6 Å². The predicted octanol–water partition coefficient (Wildman–Crippen LogP) is 6.08. The first-order valence-electron chi connectivity index (χ1n) is 14.4. The van der Waals surface area contributed by atoms with Crippen molar-refractivity contribution in [3.63, 3.8) is 0 Å². The van der Waals surface area contributed by atoms with E-state index in [1.807, 2.05) is 0 Å². The molecule has 4 aliphatic carbocycles. The maximum atomic E-state index is 12.2. The number of aliphatic hydroxyl groups is 1. The van der Waals surface area contributed by atoms with Gasteiger partial charge >= 0.3 is 5.97 Å². The van der Waals surface area contributed by atoms with Gasteiger partial charge in [0.05, 0.1) is 23.6 Å². The van der Waals surface area contributed by atoms with Crippen LogP contribution in [0.3, 0.4) is 0 Å². The van der Waals surface area contributed by atoms with Crippen LogP contribution in [0, 0.1) is 52.3 Å². The molecule has 4 saturated carbocycles. The normalized spacial score (nSPS) is 60.1. The largest absolute Gasteiger partial charge is 0.463 e. The number of fused-ring (bicyclic) bond motifs is 7. The van der Waals surface area contributed by atoms with Gasteiger partial charge in [0.1, 0.15) is 6.10 Å². The van der Waals surface area contributed by atoms with Gasteiger partial charge in [0.25, 0.3) is 0 Å². The molecular formula is C29H44Br2O5. The molecule has 6 rings (SSSR count). The highest BCUT2D eigenvalue weighted by Crippen LogP contribution is 2.72. The molecular weight excluding hydrogens is 588 g/mol. The van der Waals surface area contributed by atoms with Crippen LogP contribution in [-0.2, 0) is 19.0 Å². The minimum atomic E-state index is -0.576. The number of rotatable bonds is 1. The molecule has 0 aromatic carbocycles. The molecule has 0 bridgehead atoms. The van der Waals surface area contributed by atoms with Gasteiger partial charge in [-0.25, -0.2) is 0 Å². The highest BCUT2D eigenvalue weighted by Gasteiger charge is 2.74. The number of aliphatic hydroxyl groups excluding tert-OH is 1. The Kier molecular flexibility index (Phi) is 6.56. The first kappa shape index (κ1) is 26.5. The lowest BCUT2D eigenvalue weighted by Crippen LogP contribution is -2.64. The molecule has 0 aromatic heterocycles. The number of hydrogen-bond donors (Lipinski definition) is 1. The highest BCUT2D eigenvalue weighted by atomic mass is 79.9. The maximum absolute atomic E-state index is 12.2. The van der Waals surface area contributed by atoms with Crippen LogP contribution >= 0.6 is 31.9 Å². The third-order valence-electron chi connectivity index (χ3n) is 12.2. The van der Waals surface area contributed by atoms with Gasteiger partial charge in [-0.05, 0) is 80.0 Å². The van der Waals surface area contributed by atoms with Crippen LogP contribution in [0.2, 0.25) is 0 Å². The van der Waals surface area contributed by atoms with Crippen LogP contribution in [0.25, 0.3) is 0 Å². The van der Waals surface area contributed by atoms with Gasteiger partial charge in [-0.1, -0.05) is 59.6 Å². The van der Waals surface area contributed by atoms with Gasteiger partial charge in [-0.2, -0.15) is 0 Å². The van der Waals surface area contributed by atoms with Gasteiger partial charge in [-0.3, -0.25) is 4.79 Å². The SMILES string of the molecule is CC(=O)O[C@H]1CC[C@@]2(C)[C@@H](CC[C@H]3[C@@H]2[C@H](Br)[C@@H](O)[C@]2(C)[C@H]4[C@H](C[C@@H]32)O[C@@]2(OC[C@H](C)C[C@@H]2Br)[C@H]4C)C1. The van der Waals surface area contributed by atoms with E-state index in [1.165, 1.54) is 19.8 Å². The highest BCUT2D eigenvalue weighted by molar-refractivity contribution is 9.09. The van der Waals surface area contributed by atoms with Crippen molar-refractivity contribution in [1.82, 2.24) is 0 Å². The summed E-state index contributed by atoms with van der Waals surface area (Å²) in [5.74, 6) is 2.32. The summed E-state index contributed by atoms with van der Waals surface area (Å²) in [5.41, 5.74) is -0.0365. The minimum absolute atomic E-state index is 0.0522. The average molecular weight is 632 g/mol. The standard InChI is InChI=1S/C29H44Br2O5/c1-14-10-22(30)29(34-13-14)15(2)23-21(36-29)12-20-19-7-6-17-11-18(35-16(3)32)8-9-27(17,4)24(19)25(31)26(33)28(20,23)5/h14-15,17-26,33H,6-13H2,1-5H3/t14-,15+,17+,18+,19-,20+,21+,22+,23-,24-,25+,26-,27+,28+,29+/m1/s1. The van der Waals surface area contributed by atoms with Crippen molar-refractivity contribution in [2.45, 2.75) is 113 Å². The molecule has 2 saturated heterocycles. The Labute approximate surface area is 233 Å². The smallest absolute Gasteiger partial charge is 0.302 e. The van der Waals surface area contributed by atoms with Crippen LogP contribution in [0.1, 0.15) is 79.6 Å². The molecule has 6 aliphatic rings. The Bertz CT molecular complexity index is 901. The Balaban J connectivity index is 1.29. The Morgan fingerprint density at radius 3 is 2.50 bits per heavy atom. The number of halogens is 2. The van der Waals surface area contributed by atoms with Crippen LogP contribution < -0.4 is 0 Å². The summed E-state index contributed by atoms with van der Waals surface area (Å²) < 4.78 is 19.1. The fraction of sp³-hybridized carbons (Fsp3) is 0.966. The first-order chi connectivity index (χ1) is 16.9. The van der Waals surface area contributed by atoms with E-state index in [1.54, 1.807) is 0 Å². The van der Waals surface area contributed by atoms with Crippen molar-refractivity contribution in [2.24, 2.45) is 52.3 Å². The van der Waals surface area contributed by atoms with E-state index >= 15 is 0 Å². The second-order valence-electron chi connectivity index (χ2n) is 13.9. The van der Waals surface area contributed by atoms with Crippen molar-refractivity contribution in [3.8, 4) is 0 Å². The minimum Gasteiger partial charge on any atom is -0.463 e. The van der Waals surface area contributed by atoms with Crippen LogP contribution in [0.5, 0.6) is 0 Å². The second kappa shape index (κ2) is 8.91. The van der Waals surface area contributed by atoms with E-state index in [0.717, 1.165) is 38.7 Å². The Morgan fingerprint density at radius 1 is 1.06 bits per heavy atom. The zero-order chi connectivity index (χ0) is 25.8. The Morgan fingerprint density at radius 2 is 1.81 bits per heavy atom. The summed E-state index contributed by atoms with van der Waals surface area (Å²) >= 11 is 8.09. The molecule has 2 aliphatic heterocycles. The summed E-state index contributed by atoms with van der Waals surface area (Å²) in [6.07, 6.45) is 7.22. The fourth-order valence-electron chi connectivity index (χ4n) is 10.7. The molecule has 6 fully saturated rings. The summed E-state index contributed by atoms with van der Waals surface area (Å²) in [7, 11) is 0. The quantitative estimate of drug-likeness (QED) is 0.281. The van der Waals surface area contributed by atoms with E-state index in [4.69, 9.17) is 14.2 Å². The topological polar surface area (TPSA) is 65.0 Å². The van der Waals surface area contributed by atoms with Gasteiger partial charge in [0.2, 0.25) is 0 Å². The number of carbonyl (C=O) groups is 1. The Hall–Kier alpha value is 0.310. The molecule has 2 heterocycles. The number of esters is 1. The van der Waals surface area contributed by atoms with Crippen molar-refractivity contribution in [1.29, 1.82) is 0 Å².